The molecule has 0 radical (unpaired) electrons. The number of benzene rings is 1. The molecule has 64 valence electrons. The maximum absolute atomic E-state index is 10.1. The highest BCUT2D eigenvalue weighted by molar-refractivity contribution is 5.89. The summed E-state index contributed by atoms with van der Waals surface area (Å²) < 4.78 is 5.28. The highest BCUT2D eigenvalue weighted by Crippen LogP contribution is 2.21. The third-order valence-corrected chi connectivity index (χ3v) is 1.87. The topological polar surface area (TPSA) is 30.2 Å². The van der Waals surface area contributed by atoms with Gasteiger partial charge in [-0.2, -0.15) is 0 Å². The van der Waals surface area contributed by atoms with Crippen molar-refractivity contribution in [2.24, 2.45) is 0 Å². The number of carbonyl (C=O) groups excluding carboxylic acids is 1. The molecule has 1 heterocycles. The van der Waals surface area contributed by atoms with E-state index < -0.39 is 0 Å². The van der Waals surface area contributed by atoms with Gasteiger partial charge in [0, 0.05) is 10.9 Å². The van der Waals surface area contributed by atoms with Crippen LogP contribution in [-0.2, 0) is 4.79 Å². The van der Waals surface area contributed by atoms with Gasteiger partial charge >= 0.3 is 0 Å². The third kappa shape index (κ3) is 1.38. The molecule has 1 aromatic heterocycles. The molecule has 2 heteroatoms. The molecular formula is C11H8O2. The van der Waals surface area contributed by atoms with Crippen molar-refractivity contribution in [2.75, 3.05) is 0 Å². The maximum Gasteiger partial charge on any atom is 0.142 e. The first-order valence-corrected chi connectivity index (χ1v) is 4.00. The largest absolute Gasteiger partial charge is 0.464 e. The van der Waals surface area contributed by atoms with E-state index in [-0.39, 0.29) is 0 Å². The van der Waals surface area contributed by atoms with Crippen LogP contribution in [-0.4, -0.2) is 6.29 Å². The van der Waals surface area contributed by atoms with Crippen molar-refractivity contribution >= 4 is 23.3 Å². The molecule has 0 aliphatic heterocycles. The van der Waals surface area contributed by atoms with Gasteiger partial charge in [-0.25, -0.2) is 0 Å². The fraction of sp³-hybridized carbons (Fsp3) is 0. The Morgan fingerprint density at radius 3 is 2.92 bits per heavy atom. The molecule has 0 N–H and O–H groups in total. The zero-order valence-electron chi connectivity index (χ0n) is 6.94. The van der Waals surface area contributed by atoms with Crippen molar-refractivity contribution in [3.05, 3.63) is 42.2 Å². The van der Waals surface area contributed by atoms with E-state index in [1.165, 1.54) is 6.08 Å². The van der Waals surface area contributed by atoms with Crippen molar-refractivity contribution in [1.82, 2.24) is 0 Å². The summed E-state index contributed by atoms with van der Waals surface area (Å²) in [6.45, 7) is 0. The molecule has 0 saturated heterocycles. The van der Waals surface area contributed by atoms with Crippen LogP contribution >= 0.6 is 0 Å². The normalized spacial score (nSPS) is 11.1. The molecular weight excluding hydrogens is 164 g/mol. The summed E-state index contributed by atoms with van der Waals surface area (Å²) in [7, 11) is 0. The number of hydrogen-bond donors (Lipinski definition) is 0. The zero-order chi connectivity index (χ0) is 9.10. The fourth-order valence-electron chi connectivity index (χ4n) is 1.27. The molecule has 0 fully saturated rings. The number of aldehydes is 1. The lowest BCUT2D eigenvalue weighted by Crippen LogP contribution is -1.67. The molecule has 0 unspecified atom stereocenters. The first-order valence-electron chi connectivity index (χ1n) is 4.00. The quantitative estimate of drug-likeness (QED) is 0.515. The Balaban J connectivity index is 2.57. The van der Waals surface area contributed by atoms with Crippen molar-refractivity contribution in [3.8, 4) is 0 Å². The van der Waals surface area contributed by atoms with Gasteiger partial charge in [0.25, 0.3) is 0 Å². The average Bonchev–Trinajstić information content (AvgIpc) is 2.58. The Hall–Kier alpha value is -1.83. The van der Waals surface area contributed by atoms with Gasteiger partial charge in [0.1, 0.15) is 11.9 Å². The highest BCUT2D eigenvalue weighted by Gasteiger charge is 1.99. The molecule has 0 aliphatic carbocycles. The summed E-state index contributed by atoms with van der Waals surface area (Å²) in [6.07, 6.45) is 5.59. The van der Waals surface area contributed by atoms with Crippen LogP contribution in [0.4, 0.5) is 0 Å². The van der Waals surface area contributed by atoms with Gasteiger partial charge in [0.15, 0.2) is 0 Å². The van der Waals surface area contributed by atoms with Crippen LogP contribution in [0.25, 0.3) is 17.0 Å². The minimum atomic E-state index is 0.752. The standard InChI is InChI=1S/C11H8O2/c12-7-3-4-9-8-13-11-6-2-1-5-10(9)11/h1-8H/b4-3+. The van der Waals surface area contributed by atoms with E-state index in [0.717, 1.165) is 22.8 Å². The SMILES string of the molecule is O=C/C=C/c1coc2ccccc12. The molecule has 0 saturated carbocycles. The van der Waals surface area contributed by atoms with E-state index in [4.69, 9.17) is 4.42 Å². The number of hydrogen-bond acceptors (Lipinski definition) is 2. The van der Waals surface area contributed by atoms with E-state index in [1.54, 1.807) is 12.3 Å². The second kappa shape index (κ2) is 3.27. The fourth-order valence-corrected chi connectivity index (χ4v) is 1.27. The predicted molar refractivity (Wildman–Crippen MR) is 51.3 cm³/mol. The van der Waals surface area contributed by atoms with Crippen LogP contribution in [0.5, 0.6) is 0 Å². The predicted octanol–water partition coefficient (Wildman–Crippen LogP) is 2.64. The van der Waals surface area contributed by atoms with E-state index in [2.05, 4.69) is 0 Å². The summed E-state index contributed by atoms with van der Waals surface area (Å²) in [5, 5.41) is 1.03. The second-order valence-corrected chi connectivity index (χ2v) is 2.68. The molecule has 0 amide bonds. The van der Waals surface area contributed by atoms with E-state index >= 15 is 0 Å². The van der Waals surface area contributed by atoms with Gasteiger partial charge in [-0.1, -0.05) is 18.2 Å². The lowest BCUT2D eigenvalue weighted by molar-refractivity contribution is -0.104. The second-order valence-electron chi connectivity index (χ2n) is 2.68. The van der Waals surface area contributed by atoms with Crippen LogP contribution in [0.2, 0.25) is 0 Å². The number of rotatable bonds is 2. The highest BCUT2D eigenvalue weighted by atomic mass is 16.3. The molecule has 2 nitrogen and oxygen atoms in total. The molecule has 1 aromatic carbocycles. The van der Waals surface area contributed by atoms with Gasteiger partial charge < -0.3 is 4.42 Å². The summed E-state index contributed by atoms with van der Waals surface area (Å²) >= 11 is 0. The van der Waals surface area contributed by atoms with Crippen molar-refractivity contribution in [3.63, 3.8) is 0 Å². The average molecular weight is 172 g/mol. The monoisotopic (exact) mass is 172 g/mol. The number of fused-ring (bicyclic) bond motifs is 1. The molecule has 0 spiro atoms. The minimum Gasteiger partial charge on any atom is -0.464 e. The number of furan rings is 1. The van der Waals surface area contributed by atoms with Gasteiger partial charge in [-0.3, -0.25) is 4.79 Å². The van der Waals surface area contributed by atoms with Crippen molar-refractivity contribution < 1.29 is 9.21 Å². The van der Waals surface area contributed by atoms with Crippen molar-refractivity contribution in [2.45, 2.75) is 0 Å². The smallest absolute Gasteiger partial charge is 0.142 e. The Morgan fingerprint density at radius 1 is 1.23 bits per heavy atom. The molecule has 0 atom stereocenters. The maximum atomic E-state index is 10.1. The number of carbonyl (C=O) groups is 1. The van der Waals surface area contributed by atoms with Crippen LogP contribution < -0.4 is 0 Å². The van der Waals surface area contributed by atoms with Crippen molar-refractivity contribution in [1.29, 1.82) is 0 Å². The van der Waals surface area contributed by atoms with Gasteiger partial charge in [-0.05, 0) is 18.2 Å². The van der Waals surface area contributed by atoms with Crippen LogP contribution in [0.1, 0.15) is 5.56 Å². The Kier molecular flexibility index (Phi) is 1.96. The third-order valence-electron chi connectivity index (χ3n) is 1.87. The Bertz CT molecular complexity index is 452. The number of para-hydroxylation sites is 1. The molecule has 13 heavy (non-hydrogen) atoms. The zero-order valence-corrected chi connectivity index (χ0v) is 6.94. The molecule has 0 bridgehead atoms. The van der Waals surface area contributed by atoms with Gasteiger partial charge in [0.05, 0.1) is 6.26 Å². The minimum absolute atomic E-state index is 0.752. The van der Waals surface area contributed by atoms with E-state index in [1.807, 2.05) is 24.3 Å². The lowest BCUT2D eigenvalue weighted by atomic mass is 10.2. The van der Waals surface area contributed by atoms with E-state index in [0.29, 0.717) is 0 Å². The van der Waals surface area contributed by atoms with Gasteiger partial charge in [-0.15, -0.1) is 0 Å². The van der Waals surface area contributed by atoms with Gasteiger partial charge in [0.2, 0.25) is 0 Å². The van der Waals surface area contributed by atoms with Crippen LogP contribution in [0, 0.1) is 0 Å². The summed E-state index contributed by atoms with van der Waals surface area (Å²) in [6, 6.07) is 7.71. The lowest BCUT2D eigenvalue weighted by Gasteiger charge is -1.86. The molecule has 0 aliphatic rings. The van der Waals surface area contributed by atoms with E-state index in [9.17, 15) is 4.79 Å². The Morgan fingerprint density at radius 2 is 2.08 bits per heavy atom. The summed E-state index contributed by atoms with van der Waals surface area (Å²) in [5.41, 5.74) is 1.77. The first-order chi connectivity index (χ1) is 6.42. The first kappa shape index (κ1) is 7.80. The van der Waals surface area contributed by atoms with Crippen LogP contribution in [0.3, 0.4) is 0 Å². The molecule has 2 aromatic rings. The molecule has 2 rings (SSSR count). The summed E-state index contributed by atoms with van der Waals surface area (Å²) in [5.74, 6) is 0. The number of allylic oxidation sites excluding steroid dienone is 1. The summed E-state index contributed by atoms with van der Waals surface area (Å²) in [4.78, 5) is 10.1. The van der Waals surface area contributed by atoms with Crippen LogP contribution in [0.15, 0.2) is 41.0 Å². The Labute approximate surface area is 75.5 Å².